The Morgan fingerprint density at radius 1 is 1.22 bits per heavy atom. The number of benzene rings is 1. The molecule has 2 aromatic rings. The van der Waals surface area contributed by atoms with Crippen LogP contribution in [0.3, 0.4) is 0 Å². The van der Waals surface area contributed by atoms with Gasteiger partial charge in [0.2, 0.25) is 5.91 Å². The maximum Gasteiger partial charge on any atom is 0.252 e. The molecule has 0 unspecified atom stereocenters. The molecule has 0 saturated heterocycles. The normalized spacial score (nSPS) is 13.6. The average molecular weight is 315 g/mol. The van der Waals surface area contributed by atoms with Gasteiger partial charge in [-0.05, 0) is 36.6 Å². The maximum absolute atomic E-state index is 12.5. The van der Waals surface area contributed by atoms with E-state index in [0.717, 1.165) is 5.69 Å². The number of hydrogen-bond donors (Lipinski definition) is 2. The van der Waals surface area contributed by atoms with Gasteiger partial charge in [0.05, 0.1) is 0 Å². The van der Waals surface area contributed by atoms with Crippen LogP contribution in [0.2, 0.25) is 0 Å². The van der Waals surface area contributed by atoms with Crippen molar-refractivity contribution in [2.24, 2.45) is 11.7 Å². The van der Waals surface area contributed by atoms with Gasteiger partial charge in [-0.25, -0.2) is 0 Å². The summed E-state index contributed by atoms with van der Waals surface area (Å²) in [5.74, 6) is -0.954. The van der Waals surface area contributed by atoms with Crippen molar-refractivity contribution in [3.63, 3.8) is 0 Å². The Bertz CT molecular complexity index is 679. The second-order valence-electron chi connectivity index (χ2n) is 5.71. The first-order valence-electron chi connectivity index (χ1n) is 7.48. The Balaban J connectivity index is 2.21. The van der Waals surface area contributed by atoms with Crippen LogP contribution in [-0.2, 0) is 4.79 Å². The molecule has 2 rings (SSSR count). The van der Waals surface area contributed by atoms with Crippen molar-refractivity contribution in [1.82, 2.24) is 20.1 Å². The van der Waals surface area contributed by atoms with Crippen molar-refractivity contribution in [2.45, 2.75) is 32.7 Å². The number of nitrogens with one attached hydrogen (secondary N) is 1. The summed E-state index contributed by atoms with van der Waals surface area (Å²) < 4.78 is 1.73. The van der Waals surface area contributed by atoms with Gasteiger partial charge in [-0.15, -0.1) is 10.2 Å². The second kappa shape index (κ2) is 6.60. The topological polar surface area (TPSA) is 103 Å². The summed E-state index contributed by atoms with van der Waals surface area (Å²) in [6.07, 6.45) is 3.58. The van der Waals surface area contributed by atoms with Crippen molar-refractivity contribution < 1.29 is 9.59 Å². The molecule has 2 amide bonds. The maximum atomic E-state index is 12.5. The molecule has 0 aliphatic rings. The van der Waals surface area contributed by atoms with Crippen molar-refractivity contribution in [1.29, 1.82) is 0 Å². The SMILES string of the molecule is CC[C@@](NC(=O)c1ccc(-n2cnnc2)cc1)(C(N)=O)C(C)C. The zero-order valence-corrected chi connectivity index (χ0v) is 13.5. The zero-order chi connectivity index (χ0) is 17.0. The molecule has 1 aromatic carbocycles. The number of amides is 2. The van der Waals surface area contributed by atoms with Crippen LogP contribution < -0.4 is 11.1 Å². The van der Waals surface area contributed by atoms with Crippen LogP contribution in [0.25, 0.3) is 5.69 Å². The van der Waals surface area contributed by atoms with Crippen molar-refractivity contribution in [3.8, 4) is 5.69 Å². The molecule has 0 fully saturated rings. The molecule has 7 heteroatoms. The lowest BCUT2D eigenvalue weighted by Crippen LogP contribution is -2.60. The average Bonchev–Trinajstić information content (AvgIpc) is 3.06. The molecular formula is C16H21N5O2. The van der Waals surface area contributed by atoms with Crippen LogP contribution in [-0.4, -0.2) is 32.1 Å². The van der Waals surface area contributed by atoms with E-state index in [1.54, 1.807) is 41.5 Å². The molecule has 0 aliphatic carbocycles. The van der Waals surface area contributed by atoms with Gasteiger partial charge < -0.3 is 11.1 Å². The molecule has 3 N–H and O–H groups in total. The highest BCUT2D eigenvalue weighted by Crippen LogP contribution is 2.22. The molecule has 0 radical (unpaired) electrons. The summed E-state index contributed by atoms with van der Waals surface area (Å²) in [5, 5.41) is 10.3. The van der Waals surface area contributed by atoms with Crippen LogP contribution in [0.5, 0.6) is 0 Å². The highest BCUT2D eigenvalue weighted by Gasteiger charge is 2.39. The highest BCUT2D eigenvalue weighted by molar-refractivity contribution is 5.99. The van der Waals surface area contributed by atoms with E-state index in [1.165, 1.54) is 0 Å². The number of carbonyl (C=O) groups excluding carboxylic acids is 2. The number of rotatable bonds is 6. The van der Waals surface area contributed by atoms with E-state index in [4.69, 9.17) is 5.73 Å². The number of carbonyl (C=O) groups is 2. The largest absolute Gasteiger partial charge is 0.368 e. The third kappa shape index (κ3) is 3.23. The van der Waals surface area contributed by atoms with Gasteiger partial charge in [0, 0.05) is 11.3 Å². The number of primary amides is 1. The smallest absolute Gasteiger partial charge is 0.252 e. The summed E-state index contributed by atoms with van der Waals surface area (Å²) in [5.41, 5.74) is 5.78. The molecule has 122 valence electrons. The summed E-state index contributed by atoms with van der Waals surface area (Å²) in [4.78, 5) is 24.3. The third-order valence-corrected chi connectivity index (χ3v) is 4.17. The first kappa shape index (κ1) is 16.7. The van der Waals surface area contributed by atoms with E-state index in [-0.39, 0.29) is 11.8 Å². The molecule has 1 heterocycles. The minimum absolute atomic E-state index is 0.106. The van der Waals surface area contributed by atoms with Gasteiger partial charge in [-0.3, -0.25) is 14.2 Å². The number of nitrogens with two attached hydrogens (primary N) is 1. The minimum atomic E-state index is -1.05. The van der Waals surface area contributed by atoms with E-state index in [9.17, 15) is 9.59 Å². The fourth-order valence-electron chi connectivity index (χ4n) is 2.56. The van der Waals surface area contributed by atoms with Gasteiger partial charge in [0.25, 0.3) is 5.91 Å². The molecule has 1 aromatic heterocycles. The molecule has 0 bridgehead atoms. The summed E-state index contributed by atoms with van der Waals surface area (Å²) in [7, 11) is 0. The standard InChI is InChI=1S/C16H21N5O2/c1-4-16(11(2)3,15(17)23)20-14(22)12-5-7-13(8-6-12)21-9-18-19-10-21/h5-11H,4H2,1-3H3,(H2,17,23)(H,20,22)/t16-/m0/s1. The monoisotopic (exact) mass is 315 g/mol. The lowest BCUT2D eigenvalue weighted by atomic mass is 9.82. The van der Waals surface area contributed by atoms with E-state index < -0.39 is 11.4 Å². The number of nitrogens with zero attached hydrogens (tertiary/aromatic N) is 3. The predicted octanol–water partition coefficient (Wildman–Crippen LogP) is 1.29. The second-order valence-corrected chi connectivity index (χ2v) is 5.71. The first-order valence-corrected chi connectivity index (χ1v) is 7.48. The Morgan fingerprint density at radius 3 is 2.22 bits per heavy atom. The summed E-state index contributed by atoms with van der Waals surface area (Å²) in [6, 6.07) is 6.94. The molecule has 0 saturated carbocycles. The summed E-state index contributed by atoms with van der Waals surface area (Å²) >= 11 is 0. The lowest BCUT2D eigenvalue weighted by molar-refractivity contribution is -0.126. The predicted molar refractivity (Wildman–Crippen MR) is 85.9 cm³/mol. The first-order chi connectivity index (χ1) is 10.9. The molecular weight excluding hydrogens is 294 g/mol. The van der Waals surface area contributed by atoms with Gasteiger partial charge in [-0.2, -0.15) is 0 Å². The molecule has 23 heavy (non-hydrogen) atoms. The Kier molecular flexibility index (Phi) is 4.78. The van der Waals surface area contributed by atoms with Crippen LogP contribution in [0.4, 0.5) is 0 Å². The molecule has 0 aliphatic heterocycles. The minimum Gasteiger partial charge on any atom is -0.368 e. The highest BCUT2D eigenvalue weighted by atomic mass is 16.2. The number of hydrogen-bond acceptors (Lipinski definition) is 4. The van der Waals surface area contributed by atoms with Gasteiger partial charge in [0.1, 0.15) is 18.2 Å². The lowest BCUT2D eigenvalue weighted by Gasteiger charge is -2.34. The Morgan fingerprint density at radius 2 is 1.78 bits per heavy atom. The Hall–Kier alpha value is -2.70. The fraction of sp³-hybridized carbons (Fsp3) is 0.375. The van der Waals surface area contributed by atoms with Gasteiger partial charge in [-0.1, -0.05) is 20.8 Å². The molecule has 0 spiro atoms. The summed E-state index contributed by atoms with van der Waals surface area (Å²) in [6.45, 7) is 5.56. The van der Waals surface area contributed by atoms with Gasteiger partial charge in [0.15, 0.2) is 0 Å². The van der Waals surface area contributed by atoms with Crippen molar-refractivity contribution in [2.75, 3.05) is 0 Å². The zero-order valence-electron chi connectivity index (χ0n) is 13.5. The Labute approximate surface area is 134 Å². The van der Waals surface area contributed by atoms with E-state index in [0.29, 0.717) is 12.0 Å². The van der Waals surface area contributed by atoms with Crippen molar-refractivity contribution in [3.05, 3.63) is 42.5 Å². The van der Waals surface area contributed by atoms with Crippen LogP contribution >= 0.6 is 0 Å². The van der Waals surface area contributed by atoms with E-state index >= 15 is 0 Å². The molecule has 1 atom stereocenters. The van der Waals surface area contributed by atoms with E-state index in [2.05, 4.69) is 15.5 Å². The van der Waals surface area contributed by atoms with E-state index in [1.807, 2.05) is 20.8 Å². The molecule has 7 nitrogen and oxygen atoms in total. The number of aromatic nitrogens is 3. The van der Waals surface area contributed by atoms with Crippen molar-refractivity contribution >= 4 is 11.8 Å². The fourth-order valence-corrected chi connectivity index (χ4v) is 2.56. The van der Waals surface area contributed by atoms with Gasteiger partial charge >= 0.3 is 0 Å². The quantitative estimate of drug-likeness (QED) is 0.838. The van der Waals surface area contributed by atoms with Crippen LogP contribution in [0, 0.1) is 5.92 Å². The third-order valence-electron chi connectivity index (χ3n) is 4.17. The van der Waals surface area contributed by atoms with Crippen LogP contribution in [0.1, 0.15) is 37.6 Å². The van der Waals surface area contributed by atoms with Crippen LogP contribution in [0.15, 0.2) is 36.9 Å².